The number of ether oxygens (including phenoxy) is 3. The second kappa shape index (κ2) is 10.2. The summed E-state index contributed by atoms with van der Waals surface area (Å²) in [6.07, 6.45) is 0. The number of hydrogen-bond donors (Lipinski definition) is 1. The van der Waals surface area contributed by atoms with Crippen LogP contribution in [0.3, 0.4) is 0 Å². The van der Waals surface area contributed by atoms with Crippen molar-refractivity contribution in [3.8, 4) is 11.5 Å². The van der Waals surface area contributed by atoms with E-state index in [4.69, 9.17) is 14.2 Å². The minimum atomic E-state index is -0.00274. The quantitative estimate of drug-likeness (QED) is 0.685. The molecule has 1 amide bonds. The first-order chi connectivity index (χ1) is 13.7. The largest absolute Gasteiger partial charge is 0.493 e. The zero-order valence-electron chi connectivity index (χ0n) is 16.3. The van der Waals surface area contributed by atoms with E-state index < -0.39 is 0 Å². The van der Waals surface area contributed by atoms with E-state index in [9.17, 15) is 4.79 Å². The summed E-state index contributed by atoms with van der Waals surface area (Å²) in [5, 5.41) is 2.97. The molecule has 1 heterocycles. The van der Waals surface area contributed by atoms with Gasteiger partial charge in [-0.1, -0.05) is 12.1 Å². The van der Waals surface area contributed by atoms with Gasteiger partial charge in [0, 0.05) is 30.2 Å². The Morgan fingerprint density at radius 3 is 2.46 bits per heavy atom. The first kappa shape index (κ1) is 20.4. The van der Waals surface area contributed by atoms with Crippen LogP contribution >= 0.6 is 11.8 Å². The van der Waals surface area contributed by atoms with Crippen LogP contribution in [-0.2, 0) is 16.1 Å². The Morgan fingerprint density at radius 2 is 1.79 bits per heavy atom. The lowest BCUT2D eigenvalue weighted by molar-refractivity contribution is -0.118. The summed E-state index contributed by atoms with van der Waals surface area (Å²) in [5.74, 6) is 1.68. The van der Waals surface area contributed by atoms with Crippen LogP contribution in [0.4, 0.5) is 5.69 Å². The fourth-order valence-corrected chi connectivity index (χ4v) is 3.71. The highest BCUT2D eigenvalue weighted by Gasteiger charge is 2.11. The number of morpholine rings is 1. The van der Waals surface area contributed by atoms with Crippen molar-refractivity contribution in [3.05, 3.63) is 48.0 Å². The number of benzene rings is 2. The van der Waals surface area contributed by atoms with E-state index in [0.29, 0.717) is 23.8 Å². The zero-order valence-corrected chi connectivity index (χ0v) is 17.1. The van der Waals surface area contributed by atoms with Gasteiger partial charge in [-0.15, -0.1) is 11.8 Å². The number of carbonyl (C=O) groups is 1. The van der Waals surface area contributed by atoms with Crippen molar-refractivity contribution in [1.82, 2.24) is 5.32 Å². The van der Waals surface area contributed by atoms with E-state index in [0.717, 1.165) is 36.8 Å². The van der Waals surface area contributed by atoms with E-state index in [2.05, 4.69) is 34.5 Å². The van der Waals surface area contributed by atoms with Gasteiger partial charge >= 0.3 is 0 Å². The predicted molar refractivity (Wildman–Crippen MR) is 112 cm³/mol. The molecule has 0 unspecified atom stereocenters. The summed E-state index contributed by atoms with van der Waals surface area (Å²) < 4.78 is 15.9. The predicted octanol–water partition coefficient (Wildman–Crippen LogP) is 2.95. The maximum atomic E-state index is 12.2. The summed E-state index contributed by atoms with van der Waals surface area (Å²) in [7, 11) is 3.20. The van der Waals surface area contributed by atoms with Gasteiger partial charge in [-0.25, -0.2) is 0 Å². The minimum Gasteiger partial charge on any atom is -0.493 e. The third-order valence-corrected chi connectivity index (χ3v) is 5.52. The van der Waals surface area contributed by atoms with E-state index >= 15 is 0 Å². The summed E-state index contributed by atoms with van der Waals surface area (Å²) in [6, 6.07) is 14.0. The normalized spacial score (nSPS) is 13.9. The molecule has 0 saturated carbocycles. The molecule has 28 heavy (non-hydrogen) atoms. The number of nitrogens with zero attached hydrogens (tertiary/aromatic N) is 1. The first-order valence-electron chi connectivity index (χ1n) is 9.23. The first-order valence-corrected chi connectivity index (χ1v) is 10.2. The molecular formula is C21H26N2O4S. The van der Waals surface area contributed by atoms with Crippen LogP contribution in [0.15, 0.2) is 47.4 Å². The number of hydrogen-bond acceptors (Lipinski definition) is 6. The van der Waals surface area contributed by atoms with Gasteiger partial charge < -0.3 is 24.4 Å². The van der Waals surface area contributed by atoms with Crippen molar-refractivity contribution in [3.63, 3.8) is 0 Å². The van der Waals surface area contributed by atoms with Gasteiger partial charge in [-0.2, -0.15) is 0 Å². The summed E-state index contributed by atoms with van der Waals surface area (Å²) in [4.78, 5) is 15.4. The standard InChI is InChI=1S/C21H26N2O4S/c1-25-19-8-7-18(13-20(19)26-2)28-15-21(24)22-14-16-3-5-17(6-4-16)23-9-11-27-12-10-23/h3-8,13H,9-12,14-15H2,1-2H3,(H,22,24). The number of rotatable bonds is 8. The molecule has 1 fully saturated rings. The smallest absolute Gasteiger partial charge is 0.230 e. The third-order valence-electron chi connectivity index (χ3n) is 4.53. The summed E-state index contributed by atoms with van der Waals surface area (Å²) >= 11 is 1.47. The van der Waals surface area contributed by atoms with Crippen molar-refractivity contribution >= 4 is 23.4 Å². The maximum Gasteiger partial charge on any atom is 0.230 e. The molecule has 0 aliphatic carbocycles. The number of thioether (sulfide) groups is 1. The topological polar surface area (TPSA) is 60.0 Å². The fraction of sp³-hybridized carbons (Fsp3) is 0.381. The van der Waals surface area contributed by atoms with Crippen molar-refractivity contribution in [1.29, 1.82) is 0 Å². The van der Waals surface area contributed by atoms with Crippen LogP contribution < -0.4 is 19.7 Å². The molecule has 0 radical (unpaired) electrons. The van der Waals surface area contributed by atoms with Crippen LogP contribution in [0.25, 0.3) is 0 Å². The SMILES string of the molecule is COc1ccc(SCC(=O)NCc2ccc(N3CCOCC3)cc2)cc1OC. The molecule has 150 valence electrons. The van der Waals surface area contributed by atoms with E-state index in [1.54, 1.807) is 14.2 Å². The Labute approximate surface area is 170 Å². The lowest BCUT2D eigenvalue weighted by Crippen LogP contribution is -2.36. The minimum absolute atomic E-state index is 0.00274. The van der Waals surface area contributed by atoms with Crippen LogP contribution in [-0.4, -0.2) is 52.2 Å². The lowest BCUT2D eigenvalue weighted by atomic mass is 10.2. The van der Waals surface area contributed by atoms with Gasteiger partial charge in [-0.05, 0) is 35.9 Å². The van der Waals surface area contributed by atoms with Crippen LogP contribution in [0.1, 0.15) is 5.56 Å². The number of carbonyl (C=O) groups excluding carboxylic acids is 1. The molecule has 0 bridgehead atoms. The summed E-state index contributed by atoms with van der Waals surface area (Å²) in [5.41, 5.74) is 2.28. The number of nitrogens with one attached hydrogen (secondary N) is 1. The lowest BCUT2D eigenvalue weighted by Gasteiger charge is -2.28. The zero-order chi connectivity index (χ0) is 19.8. The molecule has 3 rings (SSSR count). The number of amides is 1. The van der Waals surface area contributed by atoms with E-state index in [-0.39, 0.29) is 5.91 Å². The van der Waals surface area contributed by atoms with Crippen molar-refractivity contribution in [2.24, 2.45) is 0 Å². The maximum absolute atomic E-state index is 12.2. The Bertz CT molecular complexity index is 776. The van der Waals surface area contributed by atoms with Gasteiger partial charge in [0.05, 0.1) is 33.2 Å². The molecule has 7 heteroatoms. The Morgan fingerprint density at radius 1 is 1.07 bits per heavy atom. The Kier molecular flexibility index (Phi) is 7.45. The van der Waals surface area contributed by atoms with Gasteiger partial charge in [0.2, 0.25) is 5.91 Å². The molecule has 0 spiro atoms. The third kappa shape index (κ3) is 5.56. The molecular weight excluding hydrogens is 376 g/mol. The highest BCUT2D eigenvalue weighted by Crippen LogP contribution is 2.31. The highest BCUT2D eigenvalue weighted by atomic mass is 32.2. The molecule has 1 N–H and O–H groups in total. The molecule has 1 saturated heterocycles. The average molecular weight is 403 g/mol. The van der Waals surface area contributed by atoms with Gasteiger partial charge in [-0.3, -0.25) is 4.79 Å². The van der Waals surface area contributed by atoms with Crippen LogP contribution in [0, 0.1) is 0 Å². The van der Waals surface area contributed by atoms with Crippen molar-refractivity contribution in [2.45, 2.75) is 11.4 Å². The van der Waals surface area contributed by atoms with Crippen molar-refractivity contribution < 1.29 is 19.0 Å². The highest BCUT2D eigenvalue weighted by molar-refractivity contribution is 8.00. The van der Waals surface area contributed by atoms with Gasteiger partial charge in [0.1, 0.15) is 0 Å². The van der Waals surface area contributed by atoms with Crippen LogP contribution in [0.2, 0.25) is 0 Å². The molecule has 2 aromatic rings. The number of methoxy groups -OCH3 is 2. The summed E-state index contributed by atoms with van der Waals surface area (Å²) in [6.45, 7) is 3.91. The molecule has 1 aliphatic rings. The average Bonchev–Trinajstić information content (AvgIpc) is 2.77. The van der Waals surface area contributed by atoms with Gasteiger partial charge in [0.25, 0.3) is 0 Å². The van der Waals surface area contributed by atoms with E-state index in [1.807, 2.05) is 18.2 Å². The second-order valence-electron chi connectivity index (χ2n) is 6.35. The Hall–Kier alpha value is -2.38. The van der Waals surface area contributed by atoms with Crippen LogP contribution in [0.5, 0.6) is 11.5 Å². The van der Waals surface area contributed by atoms with Crippen molar-refractivity contribution in [2.75, 3.05) is 51.2 Å². The molecule has 0 atom stereocenters. The monoisotopic (exact) mass is 402 g/mol. The van der Waals surface area contributed by atoms with E-state index in [1.165, 1.54) is 17.4 Å². The van der Waals surface area contributed by atoms with Gasteiger partial charge in [0.15, 0.2) is 11.5 Å². The molecule has 0 aromatic heterocycles. The Balaban J connectivity index is 1.45. The second-order valence-corrected chi connectivity index (χ2v) is 7.40. The molecule has 1 aliphatic heterocycles. The molecule has 2 aromatic carbocycles. The number of anilines is 1. The molecule has 6 nitrogen and oxygen atoms in total. The fourth-order valence-electron chi connectivity index (χ4n) is 2.95.